The van der Waals surface area contributed by atoms with Gasteiger partial charge in [0, 0.05) is 0 Å². The van der Waals surface area contributed by atoms with E-state index in [1.165, 1.54) is 25.7 Å². The van der Waals surface area contributed by atoms with Crippen molar-refractivity contribution in [1.29, 1.82) is 0 Å². The zero-order chi connectivity index (χ0) is 10.0. The molecule has 1 nitrogen and oxygen atoms in total. The first kappa shape index (κ1) is 18.7. The molecule has 0 amide bonds. The fourth-order valence-corrected chi connectivity index (χ4v) is 0.976. The van der Waals surface area contributed by atoms with Crippen LogP contribution in [0.4, 0.5) is 0 Å². The van der Waals surface area contributed by atoms with Crippen molar-refractivity contribution in [1.82, 2.24) is 0 Å². The Hall–Kier alpha value is -0.0400. The van der Waals surface area contributed by atoms with Gasteiger partial charge in [0.05, 0.1) is 0 Å². The Morgan fingerprint density at radius 1 is 0.923 bits per heavy atom. The van der Waals surface area contributed by atoms with Gasteiger partial charge in [-0.2, -0.15) is 0 Å². The van der Waals surface area contributed by atoms with E-state index in [4.69, 9.17) is 5.73 Å². The molecule has 0 aromatic heterocycles. The minimum absolute atomic E-state index is 0. The molecule has 0 saturated heterocycles. The topological polar surface area (TPSA) is 26.0 Å². The monoisotopic (exact) mass is 189 g/mol. The molecule has 0 heterocycles. The Labute approximate surface area is 86.1 Å². The van der Waals surface area contributed by atoms with Gasteiger partial charge in [0.1, 0.15) is 0 Å². The molecule has 0 atom stereocenters. The summed E-state index contributed by atoms with van der Waals surface area (Å²) in [6.45, 7) is 11.7. The van der Waals surface area contributed by atoms with Gasteiger partial charge in [-0.25, -0.2) is 0 Å². The second-order valence-corrected chi connectivity index (χ2v) is 4.16. The van der Waals surface area contributed by atoms with Crippen LogP contribution in [-0.4, -0.2) is 6.54 Å². The number of hydrogen-bond donors (Lipinski definition) is 1. The van der Waals surface area contributed by atoms with Gasteiger partial charge in [0.15, 0.2) is 0 Å². The number of nitrogens with two attached hydrogens (primary N) is 1. The molecule has 0 bridgehead atoms. The predicted octanol–water partition coefficient (Wildman–Crippen LogP) is 4.21. The summed E-state index contributed by atoms with van der Waals surface area (Å²) in [5.41, 5.74) is 5.89. The van der Waals surface area contributed by atoms with E-state index < -0.39 is 0 Å². The largest absolute Gasteiger partial charge is 0.330 e. The Kier molecular flexibility index (Phi) is 17.2. The summed E-state index contributed by atoms with van der Waals surface area (Å²) >= 11 is 0. The van der Waals surface area contributed by atoms with Crippen molar-refractivity contribution in [2.24, 2.45) is 11.1 Å². The first-order valence-corrected chi connectivity index (χ1v) is 5.26. The lowest BCUT2D eigenvalue weighted by molar-refractivity contribution is 0.358. The molecule has 2 N–H and O–H groups in total. The maximum absolute atomic E-state index is 5.38. The van der Waals surface area contributed by atoms with E-state index in [2.05, 4.69) is 20.8 Å². The van der Waals surface area contributed by atoms with E-state index in [-0.39, 0.29) is 7.43 Å². The van der Waals surface area contributed by atoms with Crippen molar-refractivity contribution in [3.05, 3.63) is 0 Å². The summed E-state index contributed by atoms with van der Waals surface area (Å²) in [6.07, 6.45) is 5.15. The molecule has 0 aliphatic rings. The second-order valence-electron chi connectivity index (χ2n) is 4.16. The van der Waals surface area contributed by atoms with Crippen molar-refractivity contribution >= 4 is 0 Å². The first-order valence-electron chi connectivity index (χ1n) is 5.26. The lowest BCUT2D eigenvalue weighted by Gasteiger charge is -2.17. The highest BCUT2D eigenvalue weighted by Crippen LogP contribution is 2.21. The van der Waals surface area contributed by atoms with Crippen LogP contribution in [0.1, 0.15) is 67.7 Å². The van der Waals surface area contributed by atoms with Gasteiger partial charge in [-0.3, -0.25) is 0 Å². The molecule has 0 aromatic rings. The van der Waals surface area contributed by atoms with Crippen LogP contribution >= 0.6 is 0 Å². The molecule has 0 rings (SSSR count). The number of unbranched alkanes of at least 4 members (excludes halogenated alkanes) is 2. The number of rotatable bonds is 4. The van der Waals surface area contributed by atoms with Gasteiger partial charge >= 0.3 is 0 Å². The van der Waals surface area contributed by atoms with Crippen molar-refractivity contribution in [2.45, 2.75) is 67.7 Å². The van der Waals surface area contributed by atoms with Crippen molar-refractivity contribution in [2.75, 3.05) is 6.54 Å². The van der Waals surface area contributed by atoms with Gasteiger partial charge in [-0.15, -0.1) is 0 Å². The molecule has 84 valence electrons. The Balaban J connectivity index is -0.000000309. The highest BCUT2D eigenvalue weighted by molar-refractivity contribution is 4.60. The molecule has 1 heteroatoms. The van der Waals surface area contributed by atoms with E-state index in [0.717, 1.165) is 6.54 Å². The fraction of sp³-hybridized carbons (Fsp3) is 1.00. The van der Waals surface area contributed by atoms with Crippen LogP contribution < -0.4 is 5.73 Å². The molecule has 0 fully saturated rings. The average molecular weight is 189 g/mol. The molecule has 0 aromatic carbocycles. The van der Waals surface area contributed by atoms with Crippen molar-refractivity contribution in [3.8, 4) is 0 Å². The Morgan fingerprint density at radius 2 is 1.38 bits per heavy atom. The van der Waals surface area contributed by atoms with Crippen molar-refractivity contribution in [3.63, 3.8) is 0 Å². The molecular weight excluding hydrogens is 158 g/mol. The van der Waals surface area contributed by atoms with Gasteiger partial charge < -0.3 is 5.73 Å². The first-order chi connectivity index (χ1) is 5.56. The normalized spacial score (nSPS) is 9.69. The maximum atomic E-state index is 5.38. The van der Waals surface area contributed by atoms with Crippen LogP contribution in [-0.2, 0) is 0 Å². The zero-order valence-electron chi connectivity index (χ0n) is 9.61. The molecular formula is C12H31N. The van der Waals surface area contributed by atoms with Crippen LogP contribution in [0, 0.1) is 5.41 Å². The average Bonchev–Trinajstić information content (AvgIpc) is 2.01. The smallest absolute Gasteiger partial charge is 0.00773 e. The van der Waals surface area contributed by atoms with Gasteiger partial charge in [-0.05, 0) is 24.8 Å². The summed E-state index contributed by atoms with van der Waals surface area (Å²) in [5.74, 6) is 0. The summed E-state index contributed by atoms with van der Waals surface area (Å²) in [4.78, 5) is 0. The van der Waals surface area contributed by atoms with Crippen LogP contribution in [0.25, 0.3) is 0 Å². The van der Waals surface area contributed by atoms with Gasteiger partial charge in [0.25, 0.3) is 0 Å². The van der Waals surface area contributed by atoms with E-state index in [0.29, 0.717) is 5.41 Å². The number of hydrogen-bond acceptors (Lipinski definition) is 1. The van der Waals surface area contributed by atoms with Crippen LogP contribution in [0.5, 0.6) is 0 Å². The molecule has 0 unspecified atom stereocenters. The lowest BCUT2D eigenvalue weighted by Crippen LogP contribution is -2.05. The van der Waals surface area contributed by atoms with E-state index >= 15 is 0 Å². The van der Waals surface area contributed by atoms with E-state index in [9.17, 15) is 0 Å². The minimum Gasteiger partial charge on any atom is -0.330 e. The van der Waals surface area contributed by atoms with E-state index in [1.807, 2.05) is 13.8 Å². The third kappa shape index (κ3) is 24.5. The van der Waals surface area contributed by atoms with E-state index in [1.54, 1.807) is 0 Å². The molecule has 13 heavy (non-hydrogen) atoms. The standard InChI is InChI=1S/C9H21N.C2H6.CH4/c1-9(2,3)7-5-4-6-8-10;1-2;/h4-8,10H2,1-3H3;1-2H3;1H4. The summed E-state index contributed by atoms with van der Waals surface area (Å²) in [6, 6.07) is 0. The summed E-state index contributed by atoms with van der Waals surface area (Å²) in [7, 11) is 0. The highest BCUT2D eigenvalue weighted by atomic mass is 14.5. The summed E-state index contributed by atoms with van der Waals surface area (Å²) in [5, 5.41) is 0. The SMILES string of the molecule is C.CC.CC(C)(C)CCCCCN. The Bertz CT molecular complexity index is 71.7. The van der Waals surface area contributed by atoms with Crippen LogP contribution in [0.15, 0.2) is 0 Å². The third-order valence-corrected chi connectivity index (χ3v) is 1.63. The zero-order valence-corrected chi connectivity index (χ0v) is 9.61. The van der Waals surface area contributed by atoms with Crippen LogP contribution in [0.3, 0.4) is 0 Å². The quantitative estimate of drug-likeness (QED) is 0.659. The third-order valence-electron chi connectivity index (χ3n) is 1.63. The predicted molar refractivity (Wildman–Crippen MR) is 65.1 cm³/mol. The second kappa shape index (κ2) is 12.0. The van der Waals surface area contributed by atoms with Crippen LogP contribution in [0.2, 0.25) is 0 Å². The fourth-order valence-electron chi connectivity index (χ4n) is 0.976. The lowest BCUT2D eigenvalue weighted by atomic mass is 9.89. The molecule has 0 aliphatic carbocycles. The molecule has 0 saturated carbocycles. The van der Waals surface area contributed by atoms with Crippen molar-refractivity contribution < 1.29 is 0 Å². The highest BCUT2D eigenvalue weighted by Gasteiger charge is 2.08. The maximum Gasteiger partial charge on any atom is -0.00773 e. The molecule has 0 spiro atoms. The van der Waals surface area contributed by atoms with Gasteiger partial charge in [-0.1, -0.05) is 54.9 Å². The molecule has 0 radical (unpaired) electrons. The minimum atomic E-state index is 0. The Morgan fingerprint density at radius 3 is 1.69 bits per heavy atom. The molecule has 0 aliphatic heterocycles. The summed E-state index contributed by atoms with van der Waals surface area (Å²) < 4.78 is 0. The van der Waals surface area contributed by atoms with Gasteiger partial charge in [0.2, 0.25) is 0 Å².